The lowest BCUT2D eigenvalue weighted by Crippen LogP contribution is -2.30. The first-order valence-corrected chi connectivity index (χ1v) is 4.17. The molecule has 0 radical (unpaired) electrons. The molecule has 0 unspecified atom stereocenters. The van der Waals surface area contributed by atoms with E-state index in [1.54, 1.807) is 0 Å². The van der Waals surface area contributed by atoms with Crippen LogP contribution in [0.1, 0.15) is 20.3 Å². The number of rotatable bonds is 4. The van der Waals surface area contributed by atoms with Crippen LogP contribution in [0.3, 0.4) is 0 Å². The zero-order chi connectivity index (χ0) is 8.10. The van der Waals surface area contributed by atoms with Crippen LogP contribution in [-0.4, -0.2) is 11.2 Å². The number of nitrogens with one attached hydrogen (secondary N) is 1. The summed E-state index contributed by atoms with van der Waals surface area (Å²) in [5.41, 5.74) is 3.24. The summed E-state index contributed by atoms with van der Waals surface area (Å²) in [5, 5.41) is 0. The Morgan fingerprint density at radius 1 is 1.45 bits per heavy atom. The fraction of sp³-hybridized carbons (Fsp3) is 0.625. The minimum absolute atomic E-state index is 1.03. The van der Waals surface area contributed by atoms with E-state index in [1.807, 2.05) is 10.9 Å². The first-order chi connectivity index (χ1) is 5.36. The lowest BCUT2D eigenvalue weighted by atomic mass is 10.5. The molecule has 0 saturated carbocycles. The molecule has 0 saturated heterocycles. The highest BCUT2D eigenvalue weighted by Crippen LogP contribution is 1.80. The van der Waals surface area contributed by atoms with E-state index < -0.39 is 0 Å². The van der Waals surface area contributed by atoms with Crippen LogP contribution in [0, 0.1) is 0 Å². The van der Waals surface area contributed by atoms with Gasteiger partial charge in [0, 0.05) is 0 Å². The van der Waals surface area contributed by atoms with Gasteiger partial charge in [0.15, 0.2) is 6.20 Å². The van der Waals surface area contributed by atoms with Gasteiger partial charge in [-0.3, -0.25) is 5.43 Å². The van der Waals surface area contributed by atoms with Gasteiger partial charge in [0.2, 0.25) is 0 Å². The molecule has 0 aliphatic carbocycles. The van der Waals surface area contributed by atoms with Gasteiger partial charge in [0.05, 0.1) is 13.1 Å². The standard InChI is InChI=1S/C8H16N3/c1-3-5-9-11-7-6-10(4-2)8-11/h6-9H,3-5H2,1-2H3/q+1. The fourth-order valence-corrected chi connectivity index (χ4v) is 0.916. The van der Waals surface area contributed by atoms with Crippen molar-refractivity contribution < 1.29 is 4.57 Å². The Balaban J connectivity index is 2.44. The van der Waals surface area contributed by atoms with Crippen LogP contribution in [0.5, 0.6) is 0 Å². The zero-order valence-electron chi connectivity index (χ0n) is 7.25. The molecular weight excluding hydrogens is 138 g/mol. The lowest BCUT2D eigenvalue weighted by molar-refractivity contribution is -0.692. The fourth-order valence-electron chi connectivity index (χ4n) is 0.916. The summed E-state index contributed by atoms with van der Waals surface area (Å²) in [4.78, 5) is 0. The Labute approximate surface area is 67.6 Å². The summed E-state index contributed by atoms with van der Waals surface area (Å²) in [6.07, 6.45) is 7.29. The van der Waals surface area contributed by atoms with Crippen LogP contribution in [-0.2, 0) is 6.54 Å². The number of imidazole rings is 1. The SMILES string of the molecule is CCCNn1cc[n+](CC)c1. The molecule has 1 N–H and O–H groups in total. The summed E-state index contributed by atoms with van der Waals surface area (Å²) in [6.45, 7) is 6.34. The molecule has 62 valence electrons. The predicted molar refractivity (Wildman–Crippen MR) is 44.8 cm³/mol. The van der Waals surface area contributed by atoms with Crippen molar-refractivity contribution in [1.82, 2.24) is 4.68 Å². The highest BCUT2D eigenvalue weighted by molar-refractivity contribution is 4.73. The van der Waals surface area contributed by atoms with Crippen LogP contribution >= 0.6 is 0 Å². The van der Waals surface area contributed by atoms with E-state index in [0.717, 1.165) is 19.5 Å². The molecular formula is C8H16N3+. The molecule has 0 amide bonds. The van der Waals surface area contributed by atoms with Gasteiger partial charge in [-0.1, -0.05) is 6.92 Å². The third kappa shape index (κ3) is 2.26. The summed E-state index contributed by atoms with van der Waals surface area (Å²) >= 11 is 0. The van der Waals surface area contributed by atoms with E-state index in [0.29, 0.717) is 0 Å². The molecule has 0 bridgehead atoms. The zero-order valence-corrected chi connectivity index (χ0v) is 7.25. The van der Waals surface area contributed by atoms with Crippen LogP contribution < -0.4 is 9.99 Å². The maximum Gasteiger partial charge on any atom is 0.267 e. The molecule has 1 heterocycles. The second-order valence-corrected chi connectivity index (χ2v) is 2.56. The molecule has 3 nitrogen and oxygen atoms in total. The van der Waals surface area contributed by atoms with Gasteiger partial charge >= 0.3 is 0 Å². The monoisotopic (exact) mass is 154 g/mol. The van der Waals surface area contributed by atoms with E-state index >= 15 is 0 Å². The molecule has 0 spiro atoms. The van der Waals surface area contributed by atoms with Gasteiger partial charge < -0.3 is 0 Å². The van der Waals surface area contributed by atoms with Crippen LogP contribution in [0.4, 0.5) is 0 Å². The van der Waals surface area contributed by atoms with Gasteiger partial charge in [-0.25, -0.2) is 4.57 Å². The predicted octanol–water partition coefficient (Wildman–Crippen LogP) is 0.749. The van der Waals surface area contributed by atoms with Gasteiger partial charge in [0.25, 0.3) is 6.33 Å². The van der Waals surface area contributed by atoms with Crippen LogP contribution in [0.2, 0.25) is 0 Å². The summed E-state index contributed by atoms with van der Waals surface area (Å²) in [6, 6.07) is 0. The number of aryl methyl sites for hydroxylation is 1. The molecule has 1 aromatic rings. The molecule has 11 heavy (non-hydrogen) atoms. The van der Waals surface area contributed by atoms with Crippen molar-refractivity contribution in [2.45, 2.75) is 26.8 Å². The minimum atomic E-state index is 1.03. The van der Waals surface area contributed by atoms with Gasteiger partial charge in [-0.05, 0) is 13.3 Å². The third-order valence-corrected chi connectivity index (χ3v) is 1.60. The molecule has 1 rings (SSSR count). The topological polar surface area (TPSA) is 20.8 Å². The van der Waals surface area contributed by atoms with Crippen molar-refractivity contribution in [3.63, 3.8) is 0 Å². The summed E-state index contributed by atoms with van der Waals surface area (Å²) in [7, 11) is 0. The molecule has 0 fully saturated rings. The van der Waals surface area contributed by atoms with E-state index in [9.17, 15) is 0 Å². The molecule has 0 atom stereocenters. The normalized spacial score (nSPS) is 10.0. The third-order valence-electron chi connectivity index (χ3n) is 1.60. The molecule has 3 heteroatoms. The van der Waals surface area contributed by atoms with E-state index in [4.69, 9.17) is 0 Å². The van der Waals surface area contributed by atoms with Crippen LogP contribution in [0.25, 0.3) is 0 Å². The summed E-state index contributed by atoms with van der Waals surface area (Å²) < 4.78 is 4.12. The average molecular weight is 154 g/mol. The highest BCUT2D eigenvalue weighted by Gasteiger charge is 1.98. The van der Waals surface area contributed by atoms with Crippen molar-refractivity contribution in [2.75, 3.05) is 12.0 Å². The maximum absolute atomic E-state index is 3.24. The Morgan fingerprint density at radius 3 is 2.82 bits per heavy atom. The number of nitrogens with zero attached hydrogens (tertiary/aromatic N) is 2. The number of hydrogen-bond acceptors (Lipinski definition) is 1. The van der Waals surface area contributed by atoms with Crippen molar-refractivity contribution in [2.24, 2.45) is 0 Å². The molecule has 0 aromatic carbocycles. The Morgan fingerprint density at radius 2 is 2.27 bits per heavy atom. The second kappa shape index (κ2) is 4.01. The first kappa shape index (κ1) is 8.11. The van der Waals surface area contributed by atoms with Gasteiger partial charge in [-0.2, -0.15) is 0 Å². The largest absolute Gasteiger partial charge is 0.267 e. The van der Waals surface area contributed by atoms with E-state index in [-0.39, 0.29) is 0 Å². The molecule has 1 aromatic heterocycles. The first-order valence-electron chi connectivity index (χ1n) is 4.17. The number of aromatic nitrogens is 2. The Hall–Kier alpha value is -0.990. The van der Waals surface area contributed by atoms with Crippen molar-refractivity contribution in [3.8, 4) is 0 Å². The van der Waals surface area contributed by atoms with Crippen LogP contribution in [0.15, 0.2) is 18.7 Å². The Bertz CT molecular complexity index is 205. The van der Waals surface area contributed by atoms with Gasteiger partial charge in [-0.15, -0.1) is 4.68 Å². The average Bonchev–Trinajstić information content (AvgIpc) is 2.48. The van der Waals surface area contributed by atoms with Gasteiger partial charge in [0.1, 0.15) is 6.20 Å². The summed E-state index contributed by atoms with van der Waals surface area (Å²) in [5.74, 6) is 0. The van der Waals surface area contributed by atoms with E-state index in [2.05, 4.69) is 36.4 Å². The highest BCUT2D eigenvalue weighted by atomic mass is 15.4. The maximum atomic E-state index is 3.24. The number of hydrogen-bond donors (Lipinski definition) is 1. The van der Waals surface area contributed by atoms with Crippen molar-refractivity contribution in [1.29, 1.82) is 0 Å². The lowest BCUT2D eigenvalue weighted by Gasteiger charge is -1.95. The second-order valence-electron chi connectivity index (χ2n) is 2.56. The minimum Gasteiger partial charge on any atom is -0.256 e. The van der Waals surface area contributed by atoms with E-state index in [1.165, 1.54) is 0 Å². The molecule has 0 aliphatic rings. The quantitative estimate of drug-likeness (QED) is 0.635. The van der Waals surface area contributed by atoms with Crippen molar-refractivity contribution in [3.05, 3.63) is 18.7 Å². The molecule has 0 aliphatic heterocycles. The smallest absolute Gasteiger partial charge is 0.256 e. The Kier molecular flexibility index (Phi) is 2.95. The van der Waals surface area contributed by atoms with Crippen molar-refractivity contribution >= 4 is 0 Å².